The molecule has 188 valence electrons. The zero-order chi connectivity index (χ0) is 26.3. The lowest BCUT2D eigenvalue weighted by atomic mass is 10.1. The number of sulfonamides is 1. The van der Waals surface area contributed by atoms with Gasteiger partial charge in [0, 0.05) is 12.6 Å². The van der Waals surface area contributed by atoms with Gasteiger partial charge in [-0.1, -0.05) is 36.4 Å². The summed E-state index contributed by atoms with van der Waals surface area (Å²) in [5, 5.41) is 6.80. The van der Waals surface area contributed by atoms with E-state index in [0.29, 0.717) is 17.1 Å². The number of ether oxygens (including phenoxy) is 1. The van der Waals surface area contributed by atoms with E-state index < -0.39 is 22.5 Å². The third kappa shape index (κ3) is 6.48. The maximum Gasteiger partial charge on any atom is 0.264 e. The van der Waals surface area contributed by atoms with Crippen LogP contribution in [0.5, 0.6) is 5.75 Å². The summed E-state index contributed by atoms with van der Waals surface area (Å²) in [4.78, 5) is 24.1. The van der Waals surface area contributed by atoms with Crippen LogP contribution in [-0.4, -0.2) is 39.6 Å². The molecule has 2 N–H and O–H groups in total. The summed E-state index contributed by atoms with van der Waals surface area (Å²) in [5.41, 5.74) is 5.34. The molecule has 0 aliphatic heterocycles. The fraction of sp³-hybridized carbons (Fsp3) is 0.192. The van der Waals surface area contributed by atoms with Crippen LogP contribution in [0.2, 0.25) is 0 Å². The van der Waals surface area contributed by atoms with Crippen molar-refractivity contribution in [3.05, 3.63) is 83.9 Å². The lowest BCUT2D eigenvalue weighted by Crippen LogP contribution is -2.40. The molecular formula is C26H28N4O5S. The molecule has 0 atom stereocenters. The first-order chi connectivity index (χ1) is 17.1. The Labute approximate surface area is 210 Å². The summed E-state index contributed by atoms with van der Waals surface area (Å²) >= 11 is 0. The SMILES string of the molecule is COc1ccc(C)cc1N(CC(=O)N/N=C(\C)c1ccc(NC(C)=O)cc1)S(=O)(=O)c1ccccc1. The third-order valence-electron chi connectivity index (χ3n) is 5.19. The number of benzene rings is 3. The number of hydrogen-bond acceptors (Lipinski definition) is 6. The van der Waals surface area contributed by atoms with Crippen LogP contribution in [0.25, 0.3) is 0 Å². The standard InChI is InChI=1S/C26H28N4O5S/c1-18-10-15-25(35-4)24(16-18)30(36(33,34)23-8-6-5-7-9-23)17-26(32)29-28-19(2)21-11-13-22(14-12-21)27-20(3)31/h5-16H,17H2,1-4H3,(H,27,31)(H,29,32)/b28-19+. The van der Waals surface area contributed by atoms with Crippen molar-refractivity contribution in [3.8, 4) is 5.75 Å². The molecular weight excluding hydrogens is 480 g/mol. The van der Waals surface area contributed by atoms with Crippen molar-refractivity contribution in [1.82, 2.24) is 5.43 Å². The maximum atomic E-state index is 13.5. The van der Waals surface area contributed by atoms with Gasteiger partial charge in [0.2, 0.25) is 5.91 Å². The predicted octanol–water partition coefficient (Wildman–Crippen LogP) is 3.70. The Morgan fingerprint density at radius 3 is 2.25 bits per heavy atom. The van der Waals surface area contributed by atoms with Gasteiger partial charge >= 0.3 is 0 Å². The van der Waals surface area contributed by atoms with Crippen molar-refractivity contribution >= 4 is 38.9 Å². The van der Waals surface area contributed by atoms with Crippen molar-refractivity contribution in [3.63, 3.8) is 0 Å². The second kappa shape index (κ2) is 11.5. The van der Waals surface area contributed by atoms with Crippen LogP contribution in [0.15, 0.2) is 82.8 Å². The first-order valence-corrected chi connectivity index (χ1v) is 12.5. The number of carbonyl (C=O) groups is 2. The zero-order valence-corrected chi connectivity index (χ0v) is 21.3. The molecule has 0 radical (unpaired) electrons. The average Bonchev–Trinajstić information content (AvgIpc) is 2.86. The third-order valence-corrected chi connectivity index (χ3v) is 6.97. The number of amides is 2. The normalized spacial score (nSPS) is 11.5. The molecule has 0 saturated carbocycles. The van der Waals surface area contributed by atoms with Gasteiger partial charge in [0.15, 0.2) is 0 Å². The van der Waals surface area contributed by atoms with Gasteiger partial charge in [-0.05, 0) is 61.4 Å². The van der Waals surface area contributed by atoms with Gasteiger partial charge in [-0.2, -0.15) is 5.10 Å². The lowest BCUT2D eigenvalue weighted by Gasteiger charge is -2.25. The maximum absolute atomic E-state index is 13.5. The number of hydrazone groups is 1. The molecule has 0 aromatic heterocycles. The molecule has 0 aliphatic carbocycles. The van der Waals surface area contributed by atoms with E-state index in [1.54, 1.807) is 67.6 Å². The summed E-state index contributed by atoms with van der Waals surface area (Å²) in [6.07, 6.45) is 0. The number of hydrogen-bond donors (Lipinski definition) is 2. The van der Waals surface area contributed by atoms with Crippen LogP contribution in [0.3, 0.4) is 0 Å². The number of anilines is 2. The minimum Gasteiger partial charge on any atom is -0.495 e. The molecule has 0 unspecified atom stereocenters. The molecule has 3 aromatic rings. The minimum absolute atomic E-state index is 0.0419. The van der Waals surface area contributed by atoms with Crippen LogP contribution >= 0.6 is 0 Å². The first-order valence-electron chi connectivity index (χ1n) is 11.1. The molecule has 3 aromatic carbocycles. The zero-order valence-electron chi connectivity index (χ0n) is 20.5. The number of methoxy groups -OCH3 is 1. The Kier molecular flexibility index (Phi) is 8.44. The first kappa shape index (κ1) is 26.4. The van der Waals surface area contributed by atoms with E-state index in [4.69, 9.17) is 4.74 Å². The number of nitrogens with zero attached hydrogens (tertiary/aromatic N) is 2. The molecule has 9 nitrogen and oxygen atoms in total. The second-order valence-electron chi connectivity index (χ2n) is 7.99. The smallest absolute Gasteiger partial charge is 0.264 e. The molecule has 0 bridgehead atoms. The highest BCUT2D eigenvalue weighted by atomic mass is 32.2. The molecule has 0 aliphatic rings. The largest absolute Gasteiger partial charge is 0.495 e. The molecule has 36 heavy (non-hydrogen) atoms. The highest BCUT2D eigenvalue weighted by molar-refractivity contribution is 7.92. The summed E-state index contributed by atoms with van der Waals surface area (Å²) in [6, 6.07) is 19.9. The van der Waals surface area contributed by atoms with E-state index >= 15 is 0 Å². The van der Waals surface area contributed by atoms with Crippen LogP contribution < -0.4 is 19.8 Å². The summed E-state index contributed by atoms with van der Waals surface area (Å²) in [5.74, 6) is -0.500. The second-order valence-corrected chi connectivity index (χ2v) is 9.85. The van der Waals surface area contributed by atoms with E-state index in [1.165, 1.54) is 26.2 Å². The number of nitrogens with one attached hydrogen (secondary N) is 2. The van der Waals surface area contributed by atoms with Crippen LogP contribution in [-0.2, 0) is 19.6 Å². The van der Waals surface area contributed by atoms with Gasteiger partial charge in [-0.3, -0.25) is 13.9 Å². The van der Waals surface area contributed by atoms with Crippen LogP contribution in [0.1, 0.15) is 25.0 Å². The van der Waals surface area contributed by atoms with Gasteiger partial charge in [0.05, 0.1) is 23.4 Å². The summed E-state index contributed by atoms with van der Waals surface area (Å²) in [7, 11) is -2.66. The van der Waals surface area contributed by atoms with Crippen molar-refractivity contribution in [2.75, 3.05) is 23.3 Å². The number of aryl methyl sites for hydroxylation is 1. The Morgan fingerprint density at radius 1 is 0.972 bits per heavy atom. The highest BCUT2D eigenvalue weighted by Crippen LogP contribution is 2.33. The van der Waals surface area contributed by atoms with E-state index in [2.05, 4.69) is 15.8 Å². The van der Waals surface area contributed by atoms with Gasteiger partial charge in [0.1, 0.15) is 12.3 Å². The van der Waals surface area contributed by atoms with Crippen LogP contribution in [0.4, 0.5) is 11.4 Å². The van der Waals surface area contributed by atoms with Gasteiger partial charge < -0.3 is 10.1 Å². The molecule has 2 amide bonds. The topological polar surface area (TPSA) is 117 Å². The van der Waals surface area contributed by atoms with Crippen LogP contribution in [0, 0.1) is 6.92 Å². The van der Waals surface area contributed by atoms with E-state index in [9.17, 15) is 18.0 Å². The predicted molar refractivity (Wildman–Crippen MR) is 140 cm³/mol. The molecule has 0 saturated heterocycles. The Bertz CT molecular complexity index is 1370. The fourth-order valence-electron chi connectivity index (χ4n) is 3.39. The molecule has 0 heterocycles. The Balaban J connectivity index is 1.87. The Morgan fingerprint density at radius 2 is 1.64 bits per heavy atom. The van der Waals surface area contributed by atoms with E-state index in [-0.39, 0.29) is 16.5 Å². The van der Waals surface area contributed by atoms with Crippen molar-refractivity contribution in [2.24, 2.45) is 5.10 Å². The summed E-state index contributed by atoms with van der Waals surface area (Å²) in [6.45, 7) is 4.43. The van der Waals surface area contributed by atoms with Gasteiger partial charge in [-0.25, -0.2) is 13.8 Å². The van der Waals surface area contributed by atoms with Gasteiger partial charge in [0.25, 0.3) is 15.9 Å². The van der Waals surface area contributed by atoms with Crippen molar-refractivity contribution < 1.29 is 22.7 Å². The van der Waals surface area contributed by atoms with Crippen molar-refractivity contribution in [2.45, 2.75) is 25.7 Å². The number of carbonyl (C=O) groups excluding carboxylic acids is 2. The monoisotopic (exact) mass is 508 g/mol. The minimum atomic E-state index is -4.09. The number of rotatable bonds is 9. The Hall–Kier alpha value is -4.18. The fourth-order valence-corrected chi connectivity index (χ4v) is 4.83. The van der Waals surface area contributed by atoms with Gasteiger partial charge in [-0.15, -0.1) is 0 Å². The average molecular weight is 509 g/mol. The molecule has 0 fully saturated rings. The molecule has 3 rings (SSSR count). The summed E-state index contributed by atoms with van der Waals surface area (Å²) < 4.78 is 33.5. The lowest BCUT2D eigenvalue weighted by molar-refractivity contribution is -0.119. The molecule has 10 heteroatoms. The molecule has 0 spiro atoms. The quantitative estimate of drug-likeness (QED) is 0.338. The van der Waals surface area contributed by atoms with E-state index in [0.717, 1.165) is 15.4 Å². The van der Waals surface area contributed by atoms with Crippen molar-refractivity contribution in [1.29, 1.82) is 0 Å². The highest BCUT2D eigenvalue weighted by Gasteiger charge is 2.29. The van der Waals surface area contributed by atoms with E-state index in [1.807, 2.05) is 6.92 Å².